The zero-order chi connectivity index (χ0) is 23.0. The Morgan fingerprint density at radius 3 is 2.52 bits per heavy atom. The number of aryl methyl sites for hydroxylation is 2. The van der Waals surface area contributed by atoms with Gasteiger partial charge in [0, 0.05) is 18.8 Å². The minimum absolute atomic E-state index is 0.150. The van der Waals surface area contributed by atoms with Crippen molar-refractivity contribution in [2.75, 3.05) is 17.2 Å². The number of imidazole rings is 1. The number of rotatable bonds is 9. The van der Waals surface area contributed by atoms with E-state index in [4.69, 9.17) is 10.2 Å². The number of carbonyl (C=O) groups is 1. The molecule has 5 nitrogen and oxygen atoms in total. The summed E-state index contributed by atoms with van der Waals surface area (Å²) < 4.78 is 15.5. The van der Waals surface area contributed by atoms with Gasteiger partial charge in [-0.15, -0.1) is 0 Å². The van der Waals surface area contributed by atoms with Crippen LogP contribution in [0.15, 0.2) is 84.0 Å². The zero-order valence-corrected chi connectivity index (χ0v) is 18.8. The Balaban J connectivity index is 1.53. The van der Waals surface area contributed by atoms with Crippen LogP contribution >= 0.6 is 11.8 Å². The Morgan fingerprint density at radius 1 is 1.03 bits per heavy atom. The number of thioether (sulfide) groups is 1. The lowest BCUT2D eigenvalue weighted by Gasteiger charge is -2.21. The average molecular weight is 459 g/mol. The number of para-hydroxylation sites is 2. The maximum Gasteiger partial charge on any atom is 0.237 e. The van der Waals surface area contributed by atoms with Gasteiger partial charge in [0.2, 0.25) is 5.91 Å². The van der Waals surface area contributed by atoms with Crippen LogP contribution in [0.1, 0.15) is 12.0 Å². The summed E-state index contributed by atoms with van der Waals surface area (Å²) in [6.45, 7) is 1.00. The molecule has 0 spiro atoms. The van der Waals surface area contributed by atoms with Gasteiger partial charge in [0.15, 0.2) is 5.16 Å². The second kappa shape index (κ2) is 10.8. The number of benzene rings is 3. The van der Waals surface area contributed by atoms with E-state index in [1.54, 1.807) is 12.1 Å². The van der Waals surface area contributed by atoms with E-state index < -0.39 is 0 Å². The van der Waals surface area contributed by atoms with Crippen LogP contribution in [0.25, 0.3) is 11.0 Å². The van der Waals surface area contributed by atoms with Gasteiger partial charge in [0.1, 0.15) is 5.82 Å². The highest BCUT2D eigenvalue weighted by Gasteiger charge is 2.18. The number of fused-ring (bicyclic) bond motifs is 1. The van der Waals surface area contributed by atoms with Gasteiger partial charge in [-0.1, -0.05) is 54.2 Å². The third kappa shape index (κ3) is 5.60. The maximum absolute atomic E-state index is 13.3. The van der Waals surface area contributed by atoms with Crippen LogP contribution in [0.3, 0.4) is 0 Å². The highest BCUT2D eigenvalue weighted by atomic mass is 32.2. The Morgan fingerprint density at radius 2 is 1.76 bits per heavy atom. The number of anilines is 1. The lowest BCUT2D eigenvalue weighted by Crippen LogP contribution is -2.33. The average Bonchev–Trinajstić information content (AvgIpc) is 3.20. The van der Waals surface area contributed by atoms with Gasteiger partial charge in [-0.25, -0.2) is 9.37 Å². The quantitative estimate of drug-likeness (QED) is 0.313. The van der Waals surface area contributed by atoms with E-state index >= 15 is 0 Å². The Bertz CT molecular complexity index is 1270. The Kier molecular flexibility index (Phi) is 7.38. The molecule has 0 aliphatic heterocycles. The summed E-state index contributed by atoms with van der Waals surface area (Å²) in [5.74, 6) is -0.353. The maximum atomic E-state index is 13.3. The van der Waals surface area contributed by atoms with Crippen LogP contribution in [0, 0.1) is 17.1 Å². The van der Waals surface area contributed by atoms with E-state index in [-0.39, 0.29) is 30.4 Å². The monoisotopic (exact) mass is 458 g/mol. The summed E-state index contributed by atoms with van der Waals surface area (Å²) in [6.07, 6.45) is 1.05. The van der Waals surface area contributed by atoms with Crippen molar-refractivity contribution in [2.45, 2.75) is 24.5 Å². The number of hydrogen-bond donors (Lipinski definition) is 0. The topological polar surface area (TPSA) is 61.9 Å². The molecule has 0 N–H and O–H groups in total. The van der Waals surface area contributed by atoms with Crippen molar-refractivity contribution in [1.82, 2.24) is 9.55 Å². The van der Waals surface area contributed by atoms with Crippen LogP contribution in [0.5, 0.6) is 0 Å². The van der Waals surface area contributed by atoms with Gasteiger partial charge in [0.05, 0.1) is 29.3 Å². The number of hydrogen-bond acceptors (Lipinski definition) is 4. The van der Waals surface area contributed by atoms with Crippen molar-refractivity contribution >= 4 is 34.4 Å². The molecule has 0 atom stereocenters. The second-order valence-electron chi connectivity index (χ2n) is 7.49. The number of nitriles is 1. The lowest BCUT2D eigenvalue weighted by molar-refractivity contribution is -0.116. The van der Waals surface area contributed by atoms with Gasteiger partial charge >= 0.3 is 0 Å². The van der Waals surface area contributed by atoms with E-state index in [1.807, 2.05) is 42.5 Å². The van der Waals surface area contributed by atoms with E-state index in [2.05, 4.69) is 22.8 Å². The van der Waals surface area contributed by atoms with E-state index in [0.29, 0.717) is 5.69 Å². The van der Waals surface area contributed by atoms with Crippen molar-refractivity contribution in [3.63, 3.8) is 0 Å². The standard InChI is InChI=1S/C26H23FN4OS/c27-21-11-13-22(14-12-21)30(17-6-16-28)25(32)19-33-26-29-23-9-4-5-10-24(23)31(26)18-15-20-7-2-1-3-8-20/h1-5,7-14H,6,15,17-19H2. The molecule has 0 saturated heterocycles. The predicted molar refractivity (Wildman–Crippen MR) is 130 cm³/mol. The molecule has 33 heavy (non-hydrogen) atoms. The molecule has 0 aliphatic rings. The normalized spacial score (nSPS) is 10.8. The third-order valence-electron chi connectivity index (χ3n) is 5.30. The molecule has 0 bridgehead atoms. The third-order valence-corrected chi connectivity index (χ3v) is 6.26. The summed E-state index contributed by atoms with van der Waals surface area (Å²) in [4.78, 5) is 19.4. The second-order valence-corrected chi connectivity index (χ2v) is 8.43. The highest BCUT2D eigenvalue weighted by Crippen LogP contribution is 2.26. The molecule has 0 unspecified atom stereocenters. The molecule has 1 amide bonds. The summed E-state index contributed by atoms with van der Waals surface area (Å²) in [5.41, 5.74) is 3.74. The SMILES string of the molecule is N#CCCN(C(=O)CSc1nc2ccccc2n1CCc1ccccc1)c1ccc(F)cc1. The van der Waals surface area contributed by atoms with Crippen LogP contribution in [-0.2, 0) is 17.8 Å². The van der Waals surface area contributed by atoms with E-state index in [0.717, 1.165) is 29.2 Å². The lowest BCUT2D eigenvalue weighted by atomic mass is 10.1. The molecular formula is C26H23FN4OS. The number of halogens is 1. The Labute approximate surface area is 196 Å². The van der Waals surface area contributed by atoms with E-state index in [9.17, 15) is 9.18 Å². The number of amides is 1. The fourth-order valence-corrected chi connectivity index (χ4v) is 4.57. The molecule has 7 heteroatoms. The Hall–Kier alpha value is -3.63. The summed E-state index contributed by atoms with van der Waals surface area (Å²) >= 11 is 1.38. The molecule has 4 aromatic rings. The number of nitrogens with zero attached hydrogens (tertiary/aromatic N) is 4. The fourth-order valence-electron chi connectivity index (χ4n) is 3.65. The predicted octanol–water partition coefficient (Wildman–Crippen LogP) is 5.46. The van der Waals surface area contributed by atoms with Crippen molar-refractivity contribution in [3.8, 4) is 6.07 Å². The summed E-state index contributed by atoms with van der Waals surface area (Å²) in [7, 11) is 0. The van der Waals surface area contributed by atoms with Gasteiger partial charge in [0.25, 0.3) is 0 Å². The molecule has 0 saturated carbocycles. The van der Waals surface area contributed by atoms with Gasteiger partial charge in [-0.2, -0.15) is 5.26 Å². The number of aromatic nitrogens is 2. The fraction of sp³-hybridized carbons (Fsp3) is 0.192. The molecule has 4 rings (SSSR count). The first-order chi connectivity index (χ1) is 16.2. The smallest absolute Gasteiger partial charge is 0.237 e. The van der Waals surface area contributed by atoms with Crippen molar-refractivity contribution in [3.05, 3.63) is 90.2 Å². The zero-order valence-electron chi connectivity index (χ0n) is 18.0. The molecule has 1 aromatic heterocycles. The minimum Gasteiger partial charge on any atom is -0.319 e. The van der Waals surface area contributed by atoms with Crippen molar-refractivity contribution in [2.24, 2.45) is 0 Å². The molecular weight excluding hydrogens is 435 g/mol. The number of carbonyl (C=O) groups excluding carboxylic acids is 1. The van der Waals surface area contributed by atoms with Gasteiger partial charge in [-0.05, 0) is 48.4 Å². The van der Waals surface area contributed by atoms with Crippen LogP contribution in [-0.4, -0.2) is 27.8 Å². The van der Waals surface area contributed by atoms with Gasteiger partial charge in [-0.3, -0.25) is 4.79 Å². The van der Waals surface area contributed by atoms with Gasteiger partial charge < -0.3 is 9.47 Å². The van der Waals surface area contributed by atoms with Crippen LogP contribution < -0.4 is 4.90 Å². The molecule has 0 radical (unpaired) electrons. The molecule has 0 aliphatic carbocycles. The highest BCUT2D eigenvalue weighted by molar-refractivity contribution is 7.99. The minimum atomic E-state index is -0.368. The first-order valence-electron chi connectivity index (χ1n) is 10.7. The van der Waals surface area contributed by atoms with Crippen molar-refractivity contribution < 1.29 is 9.18 Å². The largest absolute Gasteiger partial charge is 0.319 e. The van der Waals surface area contributed by atoms with Crippen LogP contribution in [0.4, 0.5) is 10.1 Å². The summed E-state index contributed by atoms with van der Waals surface area (Å²) in [5, 5.41) is 9.78. The first-order valence-corrected chi connectivity index (χ1v) is 11.7. The van der Waals surface area contributed by atoms with E-state index in [1.165, 1.54) is 34.4 Å². The first kappa shape index (κ1) is 22.6. The molecule has 1 heterocycles. The molecule has 166 valence electrons. The summed E-state index contributed by atoms with van der Waals surface area (Å²) in [6, 6.07) is 26.0. The van der Waals surface area contributed by atoms with Crippen molar-refractivity contribution in [1.29, 1.82) is 5.26 Å². The molecule has 3 aromatic carbocycles. The molecule has 0 fully saturated rings. The van der Waals surface area contributed by atoms with Crippen LogP contribution in [0.2, 0.25) is 0 Å².